The van der Waals surface area contributed by atoms with Crippen molar-refractivity contribution in [2.45, 2.75) is 6.61 Å². The Labute approximate surface area is 182 Å². The maximum absolute atomic E-state index is 12.4. The summed E-state index contributed by atoms with van der Waals surface area (Å²) < 4.78 is 5.83. The van der Waals surface area contributed by atoms with Gasteiger partial charge in [0.2, 0.25) is 0 Å². The molecule has 29 heavy (non-hydrogen) atoms. The van der Waals surface area contributed by atoms with Crippen LogP contribution in [0.4, 0.5) is 0 Å². The summed E-state index contributed by atoms with van der Waals surface area (Å²) in [6.07, 6.45) is 3.40. The first-order chi connectivity index (χ1) is 13.8. The summed E-state index contributed by atoms with van der Waals surface area (Å²) in [6, 6.07) is 37.1. The molecule has 0 atom stereocenters. The van der Waals surface area contributed by atoms with Crippen LogP contribution in [-0.4, -0.2) is 5.78 Å². The summed E-state index contributed by atoms with van der Waals surface area (Å²) in [7, 11) is 0. The molecule has 0 aliphatic rings. The van der Waals surface area contributed by atoms with Crippen molar-refractivity contribution in [1.29, 1.82) is 0 Å². The average Bonchev–Trinajstić information content (AvgIpc) is 3.48. The van der Waals surface area contributed by atoms with E-state index in [2.05, 4.69) is 24.3 Å². The molecular formula is C26H18FeO2-6. The zero-order valence-electron chi connectivity index (χ0n) is 15.6. The van der Waals surface area contributed by atoms with Crippen LogP contribution in [0.2, 0.25) is 0 Å². The number of carbonyl (C=O) groups is 1. The summed E-state index contributed by atoms with van der Waals surface area (Å²) in [6.45, 7) is 0.442. The van der Waals surface area contributed by atoms with E-state index < -0.39 is 0 Å². The first-order valence-corrected chi connectivity index (χ1v) is 8.85. The Morgan fingerprint density at radius 2 is 1.59 bits per heavy atom. The van der Waals surface area contributed by atoms with Gasteiger partial charge in [-0.25, -0.2) is 0 Å². The van der Waals surface area contributed by atoms with Gasteiger partial charge in [-0.05, 0) is 17.7 Å². The molecule has 0 unspecified atom stereocenters. The molecule has 0 amide bonds. The van der Waals surface area contributed by atoms with E-state index in [4.69, 9.17) is 4.74 Å². The minimum Gasteiger partial charge on any atom is -0.999 e. The third kappa shape index (κ3) is 7.42. The Bertz CT molecular complexity index is 952. The number of carbonyl (C=O) groups excluding carboxylic acids is 1. The van der Waals surface area contributed by atoms with Gasteiger partial charge in [-0.3, -0.25) is 0 Å². The molecule has 0 aliphatic carbocycles. The first-order valence-electron chi connectivity index (χ1n) is 8.85. The molecule has 0 bridgehead atoms. The van der Waals surface area contributed by atoms with E-state index in [1.807, 2.05) is 78.9 Å². The Morgan fingerprint density at radius 3 is 2.24 bits per heavy atom. The van der Waals surface area contributed by atoms with Gasteiger partial charge in [0.05, 0.1) is 5.56 Å². The Hall–Kier alpha value is -3.13. The zero-order valence-corrected chi connectivity index (χ0v) is 16.7. The van der Waals surface area contributed by atoms with Crippen molar-refractivity contribution in [3.63, 3.8) is 0 Å². The molecule has 0 fully saturated rings. The maximum atomic E-state index is 12.4. The number of benzene rings is 2. The van der Waals surface area contributed by atoms with Crippen LogP contribution in [0.5, 0.6) is 5.75 Å². The molecule has 0 N–H and O–H groups in total. The van der Waals surface area contributed by atoms with Gasteiger partial charge in [-0.2, -0.15) is 12.1 Å². The van der Waals surface area contributed by atoms with Gasteiger partial charge in [-0.15, -0.1) is 23.8 Å². The van der Waals surface area contributed by atoms with Crippen molar-refractivity contribution in [1.82, 2.24) is 0 Å². The predicted molar refractivity (Wildman–Crippen MR) is 110 cm³/mol. The molecule has 4 rings (SSSR count). The van der Waals surface area contributed by atoms with Crippen LogP contribution in [-0.2, 0) is 23.7 Å². The number of rotatable bonds is 6. The summed E-state index contributed by atoms with van der Waals surface area (Å²) in [4.78, 5) is 12.4. The normalized spacial score (nSPS) is 9.93. The summed E-state index contributed by atoms with van der Waals surface area (Å²) in [5, 5.41) is 0. The van der Waals surface area contributed by atoms with Crippen LogP contribution in [0, 0.1) is 24.3 Å². The SMILES string of the molecule is O=C(C=C[c-]1cccc1)c1ccccc1OCc1ccccc1.[Fe].[c-]1[c-][c-][cH-][c-]1. The number of ether oxygens (including phenoxy) is 1. The van der Waals surface area contributed by atoms with Gasteiger partial charge in [-0.1, -0.05) is 48.5 Å². The summed E-state index contributed by atoms with van der Waals surface area (Å²) in [5.41, 5.74) is 2.66. The molecule has 0 aliphatic heterocycles. The minimum atomic E-state index is -0.0603. The van der Waals surface area contributed by atoms with Crippen molar-refractivity contribution in [2.24, 2.45) is 0 Å². The topological polar surface area (TPSA) is 26.3 Å². The van der Waals surface area contributed by atoms with Crippen LogP contribution >= 0.6 is 0 Å². The molecule has 3 heteroatoms. The molecule has 0 radical (unpaired) electrons. The average molecular weight is 418 g/mol. The molecule has 2 nitrogen and oxygen atoms in total. The van der Waals surface area contributed by atoms with Crippen molar-refractivity contribution in [3.05, 3.63) is 132 Å². The van der Waals surface area contributed by atoms with Crippen molar-refractivity contribution >= 4 is 11.9 Å². The number of para-hydroxylation sites is 1. The maximum Gasteiger partial charge on any atom is 0.149 e. The third-order valence-corrected chi connectivity index (χ3v) is 3.86. The fourth-order valence-electron chi connectivity index (χ4n) is 2.47. The standard InChI is InChI=1S/C21H17O2.C5H.Fe/c22-20(15-14-17-8-4-5-9-17)19-12-6-7-13-21(19)23-16-18-10-2-1-3-11-18;1-2-4-5-3-1;/h1-15H,16H2;1H;/q-1;-5;. The predicted octanol–water partition coefficient (Wildman–Crippen LogP) is 5.48. The monoisotopic (exact) mass is 418 g/mol. The van der Waals surface area contributed by atoms with Crippen molar-refractivity contribution < 1.29 is 26.6 Å². The minimum absolute atomic E-state index is 0. The second-order valence-corrected chi connectivity index (χ2v) is 5.87. The van der Waals surface area contributed by atoms with Gasteiger partial charge >= 0.3 is 0 Å². The second-order valence-electron chi connectivity index (χ2n) is 5.87. The van der Waals surface area contributed by atoms with E-state index in [0.29, 0.717) is 17.9 Å². The summed E-state index contributed by atoms with van der Waals surface area (Å²) >= 11 is 0. The largest absolute Gasteiger partial charge is 0.999 e. The van der Waals surface area contributed by atoms with Gasteiger partial charge < -0.3 is 39.9 Å². The molecule has 0 saturated carbocycles. The third-order valence-electron chi connectivity index (χ3n) is 3.86. The fraction of sp³-hybridized carbons (Fsp3) is 0.0385. The molecule has 4 aromatic rings. The van der Waals surface area contributed by atoms with Crippen molar-refractivity contribution in [3.8, 4) is 5.75 Å². The fourth-order valence-corrected chi connectivity index (χ4v) is 2.47. The van der Waals surface area contributed by atoms with E-state index in [0.717, 1.165) is 11.1 Å². The Kier molecular flexibility index (Phi) is 9.44. The van der Waals surface area contributed by atoms with E-state index in [-0.39, 0.29) is 22.9 Å². The van der Waals surface area contributed by atoms with E-state index in [1.54, 1.807) is 18.2 Å². The summed E-state index contributed by atoms with van der Waals surface area (Å²) in [5.74, 6) is 0.545. The van der Waals surface area contributed by atoms with E-state index in [9.17, 15) is 4.79 Å². The van der Waals surface area contributed by atoms with Crippen LogP contribution in [0.1, 0.15) is 21.5 Å². The van der Waals surface area contributed by atoms with Crippen LogP contribution in [0.3, 0.4) is 0 Å². The van der Waals surface area contributed by atoms with Crippen LogP contribution in [0.15, 0.2) is 91.0 Å². The van der Waals surface area contributed by atoms with Crippen LogP contribution in [0.25, 0.3) is 6.08 Å². The molecular weight excluding hydrogens is 400 g/mol. The number of allylic oxidation sites excluding steroid dienone is 1. The Morgan fingerprint density at radius 1 is 0.931 bits per heavy atom. The Balaban J connectivity index is 0.000000437. The quantitative estimate of drug-likeness (QED) is 0.179. The van der Waals surface area contributed by atoms with Crippen LogP contribution < -0.4 is 4.74 Å². The number of ketones is 1. The number of hydrogen-bond acceptors (Lipinski definition) is 2. The van der Waals surface area contributed by atoms with Gasteiger partial charge in [0, 0.05) is 17.1 Å². The second kappa shape index (κ2) is 12.4. The van der Waals surface area contributed by atoms with E-state index >= 15 is 0 Å². The smallest absolute Gasteiger partial charge is 0.149 e. The first kappa shape index (κ1) is 22.2. The molecule has 148 valence electrons. The zero-order chi connectivity index (χ0) is 19.4. The molecule has 4 aromatic carbocycles. The molecule has 0 saturated heterocycles. The molecule has 0 aromatic heterocycles. The molecule has 0 spiro atoms. The van der Waals surface area contributed by atoms with E-state index in [1.165, 1.54) is 0 Å². The number of hydrogen-bond donors (Lipinski definition) is 0. The van der Waals surface area contributed by atoms with Gasteiger partial charge in [0.1, 0.15) is 18.1 Å². The molecule has 0 heterocycles. The van der Waals surface area contributed by atoms with Gasteiger partial charge in [0.25, 0.3) is 0 Å². The van der Waals surface area contributed by atoms with Gasteiger partial charge in [0.15, 0.2) is 0 Å². The van der Waals surface area contributed by atoms with Crippen molar-refractivity contribution in [2.75, 3.05) is 0 Å².